The average molecular weight is 376 g/mol. The highest BCUT2D eigenvalue weighted by molar-refractivity contribution is 5.90. The Hall–Kier alpha value is -2.20. The molecule has 0 unspecified atom stereocenters. The summed E-state index contributed by atoms with van der Waals surface area (Å²) < 4.78 is 13.8. The Kier molecular flexibility index (Phi) is 3.52. The highest BCUT2D eigenvalue weighted by atomic mass is 19.1. The van der Waals surface area contributed by atoms with E-state index in [9.17, 15) is 9.18 Å². The Morgan fingerprint density at radius 3 is 2.57 bits per heavy atom. The monoisotopic (exact) mass is 376 g/mol. The zero-order valence-corrected chi connectivity index (χ0v) is 16.0. The van der Waals surface area contributed by atoms with Gasteiger partial charge in [0.15, 0.2) is 0 Å². The predicted octanol–water partition coefficient (Wildman–Crippen LogP) is 3.73. The van der Waals surface area contributed by atoms with E-state index in [1.807, 2.05) is 6.07 Å². The molecule has 0 saturated carbocycles. The number of carbonyl (C=O) groups excluding carboxylic acids is 1. The van der Waals surface area contributed by atoms with Crippen molar-refractivity contribution < 1.29 is 9.18 Å². The number of carbonyl (C=O) groups is 1. The van der Waals surface area contributed by atoms with Gasteiger partial charge in [-0.05, 0) is 67.5 Å². The van der Waals surface area contributed by atoms with Crippen molar-refractivity contribution in [2.24, 2.45) is 5.92 Å². The molecule has 3 saturated heterocycles. The molecule has 3 aliphatic heterocycles. The molecule has 28 heavy (non-hydrogen) atoms. The van der Waals surface area contributed by atoms with Gasteiger partial charge in [0.2, 0.25) is 5.91 Å². The van der Waals surface area contributed by atoms with E-state index in [1.165, 1.54) is 17.2 Å². The van der Waals surface area contributed by atoms with Crippen LogP contribution in [0.3, 0.4) is 0 Å². The number of amides is 1. The Bertz CT molecular complexity index is 934. The van der Waals surface area contributed by atoms with E-state index in [1.54, 1.807) is 12.1 Å². The zero-order valence-electron chi connectivity index (χ0n) is 16.0. The summed E-state index contributed by atoms with van der Waals surface area (Å²) in [4.78, 5) is 18.4. The fourth-order valence-electron chi connectivity index (χ4n) is 6.63. The van der Waals surface area contributed by atoms with E-state index >= 15 is 0 Å². The first-order valence-electron chi connectivity index (χ1n) is 10.6. The van der Waals surface area contributed by atoms with E-state index in [4.69, 9.17) is 0 Å². The third kappa shape index (κ3) is 2.15. The minimum atomic E-state index is -0.342. The Labute approximate surface area is 165 Å². The number of benzene rings is 2. The first-order chi connectivity index (χ1) is 13.7. The number of rotatable bonds is 2. The quantitative estimate of drug-likeness (QED) is 0.797. The summed E-state index contributed by atoms with van der Waals surface area (Å²) in [6.07, 6.45) is 4.95. The molecule has 3 fully saturated rings. The second kappa shape index (κ2) is 5.90. The molecule has 4 aliphatic rings. The van der Waals surface area contributed by atoms with Crippen LogP contribution in [0.4, 0.5) is 4.39 Å². The van der Waals surface area contributed by atoms with Crippen molar-refractivity contribution in [3.63, 3.8) is 0 Å². The molecule has 2 aromatic carbocycles. The second-order valence-electron chi connectivity index (χ2n) is 9.01. The highest BCUT2D eigenvalue weighted by Crippen LogP contribution is 2.56. The van der Waals surface area contributed by atoms with Crippen molar-refractivity contribution in [2.75, 3.05) is 13.1 Å². The second-order valence-corrected chi connectivity index (χ2v) is 9.01. The Balaban J connectivity index is 1.30. The molecule has 4 heteroatoms. The van der Waals surface area contributed by atoms with Gasteiger partial charge in [0.1, 0.15) is 11.4 Å². The van der Waals surface area contributed by atoms with Crippen molar-refractivity contribution in [1.29, 1.82) is 0 Å². The normalized spacial score (nSPS) is 32.0. The number of fused-ring (bicyclic) bond motifs is 1. The van der Waals surface area contributed by atoms with E-state index in [2.05, 4.69) is 34.1 Å². The largest absolute Gasteiger partial charge is 0.337 e. The molecular formula is C24H25FN2O. The molecule has 2 aromatic rings. The molecule has 0 radical (unpaired) electrons. The molecule has 1 aliphatic carbocycles. The summed E-state index contributed by atoms with van der Waals surface area (Å²) in [5.74, 6) is 0.519. The lowest BCUT2D eigenvalue weighted by Gasteiger charge is -2.35. The van der Waals surface area contributed by atoms with Gasteiger partial charge in [0.25, 0.3) is 0 Å². The fraction of sp³-hybridized carbons (Fsp3) is 0.458. The van der Waals surface area contributed by atoms with E-state index in [0.717, 1.165) is 50.8 Å². The smallest absolute Gasteiger partial charge is 0.243 e. The van der Waals surface area contributed by atoms with Crippen LogP contribution >= 0.6 is 0 Å². The maximum Gasteiger partial charge on any atom is 0.243 e. The van der Waals surface area contributed by atoms with Gasteiger partial charge in [-0.25, -0.2) is 4.39 Å². The third-order valence-corrected chi connectivity index (χ3v) is 7.78. The molecule has 144 valence electrons. The Morgan fingerprint density at radius 2 is 1.82 bits per heavy atom. The van der Waals surface area contributed by atoms with Gasteiger partial charge in [-0.2, -0.15) is 0 Å². The number of hydrogen-bond acceptors (Lipinski definition) is 2. The van der Waals surface area contributed by atoms with Gasteiger partial charge >= 0.3 is 0 Å². The van der Waals surface area contributed by atoms with Gasteiger partial charge < -0.3 is 4.90 Å². The summed E-state index contributed by atoms with van der Waals surface area (Å²) in [6.45, 7) is 1.81. The van der Waals surface area contributed by atoms with Gasteiger partial charge in [-0.1, -0.05) is 36.4 Å². The number of nitrogens with zero attached hydrogens (tertiary/aromatic N) is 2. The average Bonchev–Trinajstić information content (AvgIpc) is 3.42. The van der Waals surface area contributed by atoms with Crippen molar-refractivity contribution in [1.82, 2.24) is 9.80 Å². The molecule has 1 spiro atoms. The number of halogens is 1. The van der Waals surface area contributed by atoms with Gasteiger partial charge in [0, 0.05) is 24.5 Å². The lowest BCUT2D eigenvalue weighted by atomic mass is 9.85. The zero-order chi connectivity index (χ0) is 18.9. The molecule has 0 N–H and O–H groups in total. The van der Waals surface area contributed by atoms with Gasteiger partial charge in [-0.3, -0.25) is 9.69 Å². The molecule has 6 rings (SSSR count). The summed E-state index contributed by atoms with van der Waals surface area (Å²) in [7, 11) is 0. The van der Waals surface area contributed by atoms with E-state index in [-0.39, 0.29) is 17.4 Å². The highest BCUT2D eigenvalue weighted by Gasteiger charge is 2.65. The van der Waals surface area contributed by atoms with Crippen molar-refractivity contribution >= 4 is 5.91 Å². The SMILES string of the molecule is O=C1N(C2Cc3ccccc3C2)C[C@@H]2C[C@@H](c3cccc(F)c3)N3CCC[C@@]123. The van der Waals surface area contributed by atoms with Crippen LogP contribution in [0, 0.1) is 11.7 Å². The first-order valence-corrected chi connectivity index (χ1v) is 10.6. The van der Waals surface area contributed by atoms with Gasteiger partial charge in [-0.15, -0.1) is 0 Å². The van der Waals surface area contributed by atoms with Gasteiger partial charge in [0.05, 0.1) is 0 Å². The molecule has 1 amide bonds. The Morgan fingerprint density at radius 1 is 1.04 bits per heavy atom. The molecule has 3 atom stereocenters. The van der Waals surface area contributed by atoms with Crippen LogP contribution in [-0.4, -0.2) is 40.4 Å². The van der Waals surface area contributed by atoms with Crippen molar-refractivity contribution in [2.45, 2.75) is 49.7 Å². The van der Waals surface area contributed by atoms with Crippen LogP contribution < -0.4 is 0 Å². The van der Waals surface area contributed by atoms with Crippen LogP contribution in [0.2, 0.25) is 0 Å². The van der Waals surface area contributed by atoms with Crippen LogP contribution in [0.5, 0.6) is 0 Å². The summed E-state index contributed by atoms with van der Waals surface area (Å²) in [6, 6.07) is 16.1. The molecule has 3 heterocycles. The van der Waals surface area contributed by atoms with Crippen LogP contribution in [0.15, 0.2) is 48.5 Å². The topological polar surface area (TPSA) is 23.6 Å². The maximum absolute atomic E-state index is 13.8. The van der Waals surface area contributed by atoms with Crippen molar-refractivity contribution in [3.05, 3.63) is 71.0 Å². The van der Waals surface area contributed by atoms with E-state index < -0.39 is 0 Å². The van der Waals surface area contributed by atoms with Crippen LogP contribution in [-0.2, 0) is 17.6 Å². The molecule has 3 nitrogen and oxygen atoms in total. The maximum atomic E-state index is 13.8. The fourth-order valence-corrected chi connectivity index (χ4v) is 6.63. The van der Waals surface area contributed by atoms with Crippen molar-refractivity contribution in [3.8, 4) is 0 Å². The van der Waals surface area contributed by atoms with Crippen LogP contribution in [0.25, 0.3) is 0 Å². The van der Waals surface area contributed by atoms with Crippen LogP contribution in [0.1, 0.15) is 42.0 Å². The standard InChI is InChI=1S/C24H25FN2O/c25-20-8-3-7-18(11-20)22-14-19-15-26(23(28)24(19)9-4-10-27(22)24)21-12-16-5-1-2-6-17(16)13-21/h1-3,5-8,11,19,21-22H,4,9-10,12-15H2/t19-,22-,24-/m0/s1. The molecule has 0 bridgehead atoms. The summed E-state index contributed by atoms with van der Waals surface area (Å²) in [5, 5.41) is 0. The lowest BCUT2D eigenvalue weighted by molar-refractivity contribution is -0.138. The molecular weight excluding hydrogens is 351 g/mol. The van der Waals surface area contributed by atoms with E-state index in [0.29, 0.717) is 17.9 Å². The third-order valence-electron chi connectivity index (χ3n) is 7.78. The predicted molar refractivity (Wildman–Crippen MR) is 105 cm³/mol. The minimum absolute atomic E-state index is 0.176. The first kappa shape index (κ1) is 16.7. The summed E-state index contributed by atoms with van der Waals surface area (Å²) >= 11 is 0. The number of hydrogen-bond donors (Lipinski definition) is 0. The molecule has 0 aromatic heterocycles. The minimum Gasteiger partial charge on any atom is -0.337 e. The number of likely N-dealkylation sites (tertiary alicyclic amines) is 1. The lowest BCUT2D eigenvalue weighted by Crippen LogP contribution is -2.51. The summed E-state index contributed by atoms with van der Waals surface area (Å²) in [5.41, 5.74) is 3.49.